The quantitative estimate of drug-likeness (QED) is 0.566. The van der Waals surface area contributed by atoms with Gasteiger partial charge >= 0.3 is 5.97 Å². The van der Waals surface area contributed by atoms with Crippen molar-refractivity contribution in [2.75, 3.05) is 11.8 Å². The summed E-state index contributed by atoms with van der Waals surface area (Å²) in [6, 6.07) is 9.40. The molecule has 0 radical (unpaired) electrons. The van der Waals surface area contributed by atoms with E-state index in [1.807, 2.05) is 6.07 Å². The number of rotatable bonds is 7. The van der Waals surface area contributed by atoms with Crippen LogP contribution in [0.2, 0.25) is 5.02 Å². The fourth-order valence-corrected chi connectivity index (χ4v) is 5.53. The monoisotopic (exact) mass is 474 g/mol. The van der Waals surface area contributed by atoms with Crippen molar-refractivity contribution in [2.24, 2.45) is 0 Å². The summed E-state index contributed by atoms with van der Waals surface area (Å²) >= 11 is 6.19. The molecule has 7 nitrogen and oxygen atoms in total. The molecule has 9 heteroatoms. The number of nitrogens with zero attached hydrogens (tertiary/aromatic N) is 1. The van der Waals surface area contributed by atoms with Crippen LogP contribution in [0.15, 0.2) is 35.2 Å². The summed E-state index contributed by atoms with van der Waals surface area (Å²) in [5.74, 6) is -0.212. The summed E-state index contributed by atoms with van der Waals surface area (Å²) in [6.07, 6.45) is 5.56. The highest BCUT2D eigenvalue weighted by atomic mass is 35.5. The van der Waals surface area contributed by atoms with Crippen molar-refractivity contribution in [3.05, 3.63) is 52.0 Å². The molecule has 0 saturated heterocycles. The molecule has 2 aliphatic rings. The summed E-state index contributed by atoms with van der Waals surface area (Å²) in [4.78, 5) is 12.0. The number of hydrogen-bond acceptors (Lipinski definition) is 6. The first kappa shape index (κ1) is 22.4. The van der Waals surface area contributed by atoms with E-state index in [0.717, 1.165) is 38.5 Å². The third kappa shape index (κ3) is 4.69. The van der Waals surface area contributed by atoms with Crippen LogP contribution in [-0.2, 0) is 14.8 Å². The topological polar surface area (TPSA) is 105 Å². The van der Waals surface area contributed by atoms with E-state index in [9.17, 15) is 18.5 Å². The van der Waals surface area contributed by atoms with E-state index in [4.69, 9.17) is 21.1 Å². The second-order valence-electron chi connectivity index (χ2n) is 8.09. The molecule has 2 aliphatic carbocycles. The van der Waals surface area contributed by atoms with E-state index in [1.54, 1.807) is 12.1 Å². The fraction of sp³-hybridized carbons (Fsp3) is 0.391. The molecule has 4 rings (SSSR count). The fourth-order valence-electron chi connectivity index (χ4n) is 3.95. The van der Waals surface area contributed by atoms with Gasteiger partial charge in [0.25, 0.3) is 10.0 Å². The van der Waals surface area contributed by atoms with Crippen LogP contribution in [0.1, 0.15) is 65.9 Å². The number of esters is 1. The van der Waals surface area contributed by atoms with Crippen molar-refractivity contribution < 1.29 is 22.7 Å². The van der Waals surface area contributed by atoms with Gasteiger partial charge in [-0.2, -0.15) is 5.26 Å². The number of sulfonamides is 1. The van der Waals surface area contributed by atoms with Crippen molar-refractivity contribution in [3.63, 3.8) is 0 Å². The minimum Gasteiger partial charge on any atom is -0.488 e. The molecule has 32 heavy (non-hydrogen) atoms. The molecule has 2 aromatic rings. The Labute approximate surface area is 192 Å². The van der Waals surface area contributed by atoms with Gasteiger partial charge in [-0.15, -0.1) is 0 Å². The summed E-state index contributed by atoms with van der Waals surface area (Å²) in [6.45, 7) is 0. The number of ether oxygens (including phenoxy) is 2. The summed E-state index contributed by atoms with van der Waals surface area (Å²) in [7, 11) is -2.85. The summed E-state index contributed by atoms with van der Waals surface area (Å²) in [5, 5.41) is 9.57. The SMILES string of the molecule is COC(=O)c1ccc(C2CC2)c(S(=O)(=O)Nc2cc(C#N)c(Cl)cc2OC2CCCC2)c1. The molecule has 0 spiro atoms. The second kappa shape index (κ2) is 9.00. The Kier molecular flexibility index (Phi) is 6.31. The lowest BCUT2D eigenvalue weighted by Crippen LogP contribution is -2.18. The number of carbonyl (C=O) groups is 1. The first-order chi connectivity index (χ1) is 15.3. The van der Waals surface area contributed by atoms with Crippen molar-refractivity contribution in [3.8, 4) is 11.8 Å². The number of carbonyl (C=O) groups excluding carboxylic acids is 1. The van der Waals surface area contributed by atoms with Gasteiger partial charge in [-0.1, -0.05) is 17.7 Å². The Morgan fingerprint density at radius 3 is 2.50 bits per heavy atom. The number of nitriles is 1. The number of halogens is 1. The first-order valence-electron chi connectivity index (χ1n) is 10.5. The van der Waals surface area contributed by atoms with Gasteiger partial charge in [0.1, 0.15) is 11.8 Å². The Morgan fingerprint density at radius 2 is 1.88 bits per heavy atom. The molecule has 1 N–H and O–H groups in total. The zero-order valence-corrected chi connectivity index (χ0v) is 19.1. The predicted molar refractivity (Wildman–Crippen MR) is 120 cm³/mol. The second-order valence-corrected chi connectivity index (χ2v) is 10.1. The number of nitrogens with one attached hydrogen (secondary N) is 1. The first-order valence-corrected chi connectivity index (χ1v) is 12.3. The minimum absolute atomic E-state index is 0.0168. The van der Waals surface area contributed by atoms with Crippen LogP contribution in [0.3, 0.4) is 0 Å². The average Bonchev–Trinajstić information content (AvgIpc) is 3.50. The highest BCUT2D eigenvalue weighted by Crippen LogP contribution is 2.44. The van der Waals surface area contributed by atoms with E-state index < -0.39 is 16.0 Å². The van der Waals surface area contributed by atoms with Gasteiger partial charge in [-0.25, -0.2) is 13.2 Å². The Hall–Kier alpha value is -2.76. The molecule has 0 amide bonds. The smallest absolute Gasteiger partial charge is 0.337 e. The third-order valence-corrected chi connectivity index (χ3v) is 7.51. The van der Waals surface area contributed by atoms with E-state index in [2.05, 4.69) is 4.72 Å². The van der Waals surface area contributed by atoms with Crippen LogP contribution < -0.4 is 9.46 Å². The van der Waals surface area contributed by atoms with Gasteiger partial charge in [0.15, 0.2) is 0 Å². The lowest BCUT2D eigenvalue weighted by atomic mass is 10.1. The van der Waals surface area contributed by atoms with Gasteiger partial charge in [-0.05, 0) is 68.2 Å². The van der Waals surface area contributed by atoms with Gasteiger partial charge in [0.2, 0.25) is 0 Å². The molecule has 2 fully saturated rings. The molecule has 0 aromatic heterocycles. The Morgan fingerprint density at radius 1 is 1.16 bits per heavy atom. The normalized spacial score (nSPS) is 16.4. The standard InChI is InChI=1S/C23H23ClN2O5S/c1-30-23(27)15-8-9-18(14-6-7-14)22(11-15)32(28,29)26-20-10-16(13-25)19(24)12-21(20)31-17-4-2-3-5-17/h8-12,14,17,26H,2-7H2,1H3. The van der Waals surface area contributed by atoms with Crippen molar-refractivity contribution in [2.45, 2.75) is 55.4 Å². The summed E-state index contributed by atoms with van der Waals surface area (Å²) in [5.41, 5.74) is 1.07. The number of methoxy groups -OCH3 is 1. The lowest BCUT2D eigenvalue weighted by Gasteiger charge is -2.19. The molecular formula is C23H23ClN2O5S. The molecular weight excluding hydrogens is 452 g/mol. The van der Waals surface area contributed by atoms with E-state index in [-0.39, 0.29) is 44.5 Å². The molecule has 0 atom stereocenters. The van der Waals surface area contributed by atoms with E-state index >= 15 is 0 Å². The Balaban J connectivity index is 1.74. The summed E-state index contributed by atoms with van der Waals surface area (Å²) < 4.78 is 40.3. The highest BCUT2D eigenvalue weighted by Gasteiger charge is 2.32. The average molecular weight is 475 g/mol. The molecule has 0 unspecified atom stereocenters. The van der Waals surface area contributed by atoms with Crippen LogP contribution in [0.5, 0.6) is 5.75 Å². The van der Waals surface area contributed by atoms with E-state index in [0.29, 0.717) is 5.56 Å². The van der Waals surface area contributed by atoms with Crippen LogP contribution >= 0.6 is 11.6 Å². The van der Waals surface area contributed by atoms with Gasteiger partial charge in [0.05, 0.1) is 39.9 Å². The van der Waals surface area contributed by atoms with Gasteiger partial charge in [0, 0.05) is 6.07 Å². The molecule has 2 aromatic carbocycles. The maximum Gasteiger partial charge on any atom is 0.337 e. The zero-order valence-electron chi connectivity index (χ0n) is 17.6. The molecule has 0 bridgehead atoms. The van der Waals surface area contributed by atoms with Crippen molar-refractivity contribution >= 4 is 33.3 Å². The lowest BCUT2D eigenvalue weighted by molar-refractivity contribution is 0.0600. The molecule has 0 aliphatic heterocycles. The number of hydrogen-bond donors (Lipinski definition) is 1. The molecule has 2 saturated carbocycles. The Bertz CT molecular complexity index is 1200. The van der Waals surface area contributed by atoms with Crippen LogP contribution in [0.25, 0.3) is 0 Å². The van der Waals surface area contributed by atoms with Crippen LogP contribution in [0.4, 0.5) is 5.69 Å². The van der Waals surface area contributed by atoms with Gasteiger partial charge < -0.3 is 9.47 Å². The van der Waals surface area contributed by atoms with Crippen LogP contribution in [0, 0.1) is 11.3 Å². The molecule has 168 valence electrons. The van der Waals surface area contributed by atoms with Gasteiger partial charge in [-0.3, -0.25) is 4.72 Å². The van der Waals surface area contributed by atoms with Crippen molar-refractivity contribution in [1.29, 1.82) is 5.26 Å². The van der Waals surface area contributed by atoms with Crippen molar-refractivity contribution in [1.82, 2.24) is 0 Å². The zero-order chi connectivity index (χ0) is 22.9. The highest BCUT2D eigenvalue weighted by molar-refractivity contribution is 7.92. The number of anilines is 1. The maximum absolute atomic E-state index is 13.5. The van der Waals surface area contributed by atoms with E-state index in [1.165, 1.54) is 25.3 Å². The number of benzene rings is 2. The minimum atomic E-state index is -4.10. The predicted octanol–water partition coefficient (Wildman–Crippen LogP) is 5.00. The molecule has 0 heterocycles. The third-order valence-electron chi connectivity index (χ3n) is 5.77. The maximum atomic E-state index is 13.5. The largest absolute Gasteiger partial charge is 0.488 e. The van der Waals surface area contributed by atoms with Crippen LogP contribution in [-0.4, -0.2) is 27.6 Å².